The lowest BCUT2D eigenvalue weighted by atomic mass is 9.94. The standard InChI is InChI=1S/C30H31NO6/c1-6-36-23-9-7-8-21(17-23)31-27(20-11-13-22(14-12-20)37-18(2)3)26(29(33)30(31)34)28(32)24-16-19(4)10-15-25(24)35-5/h7-18,27,32H,6H2,1-5H3/b28-26+. The molecule has 1 atom stereocenters. The number of methoxy groups -OCH3 is 1. The SMILES string of the molecule is CCOc1cccc(N2C(=O)C(=O)/C(=C(/O)c3cc(C)ccc3OC)C2c2ccc(OC(C)C)cc2)c1. The van der Waals surface area contributed by atoms with Crippen LogP contribution in [0, 0.1) is 6.92 Å². The van der Waals surface area contributed by atoms with Crippen molar-refractivity contribution in [3.05, 3.63) is 89.0 Å². The first-order valence-electron chi connectivity index (χ1n) is 12.2. The van der Waals surface area contributed by atoms with E-state index < -0.39 is 17.7 Å². The number of amides is 1. The summed E-state index contributed by atoms with van der Waals surface area (Å²) >= 11 is 0. The highest BCUT2D eigenvalue weighted by Crippen LogP contribution is 2.44. The van der Waals surface area contributed by atoms with Gasteiger partial charge in [-0.05, 0) is 69.7 Å². The maximum absolute atomic E-state index is 13.5. The van der Waals surface area contributed by atoms with E-state index in [2.05, 4.69) is 0 Å². The van der Waals surface area contributed by atoms with E-state index in [0.717, 1.165) is 5.56 Å². The van der Waals surface area contributed by atoms with E-state index in [1.165, 1.54) is 12.0 Å². The Balaban J connectivity index is 1.93. The number of aliphatic hydroxyl groups excluding tert-OH is 1. The number of carbonyl (C=O) groups excluding carboxylic acids is 2. The highest BCUT2D eigenvalue weighted by atomic mass is 16.5. The van der Waals surface area contributed by atoms with Crippen LogP contribution in [0.25, 0.3) is 5.76 Å². The molecule has 0 aromatic heterocycles. The summed E-state index contributed by atoms with van der Waals surface area (Å²) in [5.41, 5.74) is 2.32. The molecular formula is C30H31NO6. The molecule has 37 heavy (non-hydrogen) atoms. The molecule has 3 aromatic rings. The van der Waals surface area contributed by atoms with Gasteiger partial charge in [-0.3, -0.25) is 14.5 Å². The molecule has 192 valence electrons. The molecule has 1 aliphatic heterocycles. The summed E-state index contributed by atoms with van der Waals surface area (Å²) in [7, 11) is 1.49. The summed E-state index contributed by atoms with van der Waals surface area (Å²) in [6.45, 7) is 8.07. The third kappa shape index (κ3) is 5.16. The molecule has 0 spiro atoms. The summed E-state index contributed by atoms with van der Waals surface area (Å²) in [6, 6.07) is 18.6. The molecule has 1 amide bonds. The van der Waals surface area contributed by atoms with Gasteiger partial charge >= 0.3 is 0 Å². The largest absolute Gasteiger partial charge is 0.507 e. The Morgan fingerprint density at radius 2 is 1.73 bits per heavy atom. The lowest BCUT2D eigenvalue weighted by Crippen LogP contribution is -2.29. The molecule has 7 nitrogen and oxygen atoms in total. The van der Waals surface area contributed by atoms with Crippen LogP contribution in [0.15, 0.2) is 72.3 Å². The van der Waals surface area contributed by atoms with Gasteiger partial charge in [-0.2, -0.15) is 0 Å². The maximum Gasteiger partial charge on any atom is 0.300 e. The average molecular weight is 502 g/mol. The first-order chi connectivity index (χ1) is 17.7. The van der Waals surface area contributed by atoms with Gasteiger partial charge < -0.3 is 19.3 Å². The van der Waals surface area contributed by atoms with Crippen molar-refractivity contribution in [3.8, 4) is 17.2 Å². The number of hydrogen-bond acceptors (Lipinski definition) is 6. The molecule has 0 aliphatic carbocycles. The minimum absolute atomic E-state index is 0.00780. The third-order valence-electron chi connectivity index (χ3n) is 6.03. The number of Topliss-reactive ketones (excluding diaryl/α,β-unsaturated/α-hetero) is 1. The van der Waals surface area contributed by atoms with Crippen LogP contribution in [0.3, 0.4) is 0 Å². The first kappa shape index (κ1) is 25.8. The van der Waals surface area contributed by atoms with Crippen molar-refractivity contribution in [1.82, 2.24) is 0 Å². The number of ketones is 1. The van der Waals surface area contributed by atoms with Gasteiger partial charge in [0.1, 0.15) is 23.0 Å². The number of carbonyl (C=O) groups is 2. The fourth-order valence-corrected chi connectivity index (χ4v) is 4.46. The number of anilines is 1. The van der Waals surface area contributed by atoms with Crippen molar-refractivity contribution >= 4 is 23.1 Å². The molecule has 1 saturated heterocycles. The number of benzene rings is 3. The minimum atomic E-state index is -0.879. The van der Waals surface area contributed by atoms with Gasteiger partial charge in [0.05, 0.1) is 37.0 Å². The topological polar surface area (TPSA) is 85.3 Å². The molecule has 1 aliphatic rings. The number of hydrogen-bond donors (Lipinski definition) is 1. The van der Waals surface area contributed by atoms with Gasteiger partial charge in [-0.25, -0.2) is 0 Å². The van der Waals surface area contributed by atoms with Crippen LogP contribution in [-0.4, -0.2) is 36.6 Å². The Hall–Kier alpha value is -4.26. The lowest BCUT2D eigenvalue weighted by molar-refractivity contribution is -0.132. The first-order valence-corrected chi connectivity index (χ1v) is 12.2. The average Bonchev–Trinajstić information content (AvgIpc) is 3.14. The van der Waals surface area contributed by atoms with E-state index in [0.29, 0.717) is 40.7 Å². The lowest BCUT2D eigenvalue weighted by Gasteiger charge is -2.26. The molecule has 4 rings (SSSR count). The van der Waals surface area contributed by atoms with Crippen molar-refractivity contribution in [2.45, 2.75) is 39.8 Å². The van der Waals surface area contributed by atoms with Gasteiger partial charge in [0.15, 0.2) is 0 Å². The fraction of sp³-hybridized carbons (Fsp3) is 0.267. The number of rotatable bonds is 8. The zero-order chi connectivity index (χ0) is 26.7. The maximum atomic E-state index is 13.5. The third-order valence-corrected chi connectivity index (χ3v) is 6.03. The summed E-state index contributed by atoms with van der Waals surface area (Å²) in [6.07, 6.45) is -0.00780. The fourth-order valence-electron chi connectivity index (χ4n) is 4.46. The summed E-state index contributed by atoms with van der Waals surface area (Å²) in [5.74, 6) is -0.192. The number of ether oxygens (including phenoxy) is 3. The Morgan fingerprint density at radius 3 is 2.38 bits per heavy atom. The molecule has 0 bridgehead atoms. The predicted molar refractivity (Wildman–Crippen MR) is 142 cm³/mol. The Labute approximate surface area is 216 Å². The van der Waals surface area contributed by atoms with Crippen LogP contribution < -0.4 is 19.1 Å². The van der Waals surface area contributed by atoms with E-state index in [-0.39, 0.29) is 17.4 Å². The molecule has 1 N–H and O–H groups in total. The van der Waals surface area contributed by atoms with Crippen molar-refractivity contribution < 1.29 is 28.9 Å². The zero-order valence-electron chi connectivity index (χ0n) is 21.6. The summed E-state index contributed by atoms with van der Waals surface area (Å²) < 4.78 is 16.9. The highest BCUT2D eigenvalue weighted by Gasteiger charge is 2.47. The van der Waals surface area contributed by atoms with E-state index in [9.17, 15) is 14.7 Å². The summed E-state index contributed by atoms with van der Waals surface area (Å²) in [5, 5.41) is 11.5. The quantitative estimate of drug-likeness (QED) is 0.238. The van der Waals surface area contributed by atoms with Crippen LogP contribution in [0.5, 0.6) is 17.2 Å². The van der Waals surface area contributed by atoms with Crippen molar-refractivity contribution in [3.63, 3.8) is 0 Å². The normalized spacial score (nSPS) is 16.8. The molecule has 1 unspecified atom stereocenters. The molecule has 0 saturated carbocycles. The molecule has 1 fully saturated rings. The second-order valence-electron chi connectivity index (χ2n) is 9.04. The second-order valence-corrected chi connectivity index (χ2v) is 9.04. The molecule has 1 heterocycles. The van der Waals surface area contributed by atoms with Crippen molar-refractivity contribution in [1.29, 1.82) is 0 Å². The molecule has 0 radical (unpaired) electrons. The summed E-state index contributed by atoms with van der Waals surface area (Å²) in [4.78, 5) is 28.4. The monoisotopic (exact) mass is 501 g/mol. The smallest absolute Gasteiger partial charge is 0.300 e. The molecule has 7 heteroatoms. The number of nitrogens with zero attached hydrogens (tertiary/aromatic N) is 1. The van der Waals surface area contributed by atoms with Gasteiger partial charge in [-0.15, -0.1) is 0 Å². The zero-order valence-corrected chi connectivity index (χ0v) is 21.6. The van der Waals surface area contributed by atoms with Crippen LogP contribution >= 0.6 is 0 Å². The van der Waals surface area contributed by atoms with Gasteiger partial charge in [0.2, 0.25) is 0 Å². The van der Waals surface area contributed by atoms with Gasteiger partial charge in [-0.1, -0.05) is 29.8 Å². The molecule has 3 aromatic carbocycles. The van der Waals surface area contributed by atoms with E-state index in [1.54, 1.807) is 60.7 Å². The Morgan fingerprint density at radius 1 is 1.00 bits per heavy atom. The Bertz CT molecular complexity index is 1340. The van der Waals surface area contributed by atoms with Gasteiger partial charge in [0.25, 0.3) is 11.7 Å². The van der Waals surface area contributed by atoms with Crippen LogP contribution in [0.1, 0.15) is 43.5 Å². The van der Waals surface area contributed by atoms with Crippen molar-refractivity contribution in [2.24, 2.45) is 0 Å². The van der Waals surface area contributed by atoms with Crippen LogP contribution in [0.2, 0.25) is 0 Å². The van der Waals surface area contributed by atoms with Crippen LogP contribution in [0.4, 0.5) is 5.69 Å². The highest BCUT2D eigenvalue weighted by molar-refractivity contribution is 6.51. The van der Waals surface area contributed by atoms with Gasteiger partial charge in [0, 0.05) is 11.8 Å². The van der Waals surface area contributed by atoms with E-state index in [1.807, 2.05) is 33.8 Å². The predicted octanol–water partition coefficient (Wildman–Crippen LogP) is 5.82. The Kier molecular flexibility index (Phi) is 7.53. The second kappa shape index (κ2) is 10.8. The van der Waals surface area contributed by atoms with Crippen molar-refractivity contribution in [2.75, 3.05) is 18.6 Å². The molecular weight excluding hydrogens is 470 g/mol. The van der Waals surface area contributed by atoms with Crippen LogP contribution in [-0.2, 0) is 9.59 Å². The van der Waals surface area contributed by atoms with E-state index >= 15 is 0 Å². The number of aryl methyl sites for hydroxylation is 1. The van der Waals surface area contributed by atoms with E-state index in [4.69, 9.17) is 14.2 Å². The number of aliphatic hydroxyl groups is 1. The minimum Gasteiger partial charge on any atom is -0.507 e.